The quantitative estimate of drug-likeness (QED) is 0.293. The normalized spacial score (nSPS) is 10.2. The van der Waals surface area contributed by atoms with Crippen LogP contribution < -0.4 is 0 Å². The third-order valence-electron chi connectivity index (χ3n) is 0.116. The molecule has 0 unspecified atom stereocenters. The average Bonchev–Trinajstić information content (AvgIpc) is 1.30. The van der Waals surface area contributed by atoms with Crippen LogP contribution in [0.2, 0.25) is 0 Å². The van der Waals surface area contributed by atoms with Crippen LogP contribution in [0.1, 0.15) is 0 Å². The van der Waals surface area contributed by atoms with E-state index in [1.54, 1.807) is 0 Å². The summed E-state index contributed by atoms with van der Waals surface area (Å²) in [6, 6.07) is 0. The van der Waals surface area contributed by atoms with E-state index in [0.29, 0.717) is 19.7 Å². The zero-order valence-corrected chi connectivity index (χ0v) is 6.28. The third-order valence-corrected chi connectivity index (χ3v) is 4.79. The molecule has 0 aliphatic carbocycles. The molecule has 1 N–H and O–H groups in total. The van der Waals surface area contributed by atoms with Gasteiger partial charge >= 0.3 is 38.7 Å². The summed E-state index contributed by atoms with van der Waals surface area (Å²) in [5, 5.41) is 0. The fourth-order valence-electron chi connectivity index (χ4n) is 0.0385. The molecule has 0 amide bonds. The van der Waals surface area contributed by atoms with Gasteiger partial charge in [0.05, 0.1) is 9.83 Å². The first-order valence-corrected chi connectivity index (χ1v) is 6.19. The maximum atomic E-state index is 9.68. The van der Waals surface area contributed by atoms with Crippen LogP contribution in [0.3, 0.4) is 0 Å². The summed E-state index contributed by atoms with van der Waals surface area (Å²) in [6.07, 6.45) is 0. The Morgan fingerprint density at radius 3 is 1.88 bits per heavy atom. The summed E-state index contributed by atoms with van der Waals surface area (Å²) >= 11 is 3.45. The monoisotopic (exact) mass is 202 g/mol. The van der Waals surface area contributed by atoms with Gasteiger partial charge in [-0.05, 0) is 9.83 Å². The standard InChI is InChI=1S/Na.H2O3S4.H/c;1-7(2,3)6-5-4;/h;4H,(H,1,2,3);. The van der Waals surface area contributed by atoms with Crippen LogP contribution in [0.4, 0.5) is 0 Å². The topological polar surface area (TPSA) is 54.4 Å². The van der Waals surface area contributed by atoms with E-state index >= 15 is 0 Å². The van der Waals surface area contributed by atoms with Gasteiger partial charge in [0.1, 0.15) is 0 Å². The Hall–Kier alpha value is 1.96. The van der Waals surface area contributed by atoms with Gasteiger partial charge in [-0.3, -0.25) is 4.55 Å². The van der Waals surface area contributed by atoms with E-state index in [9.17, 15) is 8.42 Å². The summed E-state index contributed by atoms with van der Waals surface area (Å²) < 4.78 is 27.2. The molecule has 8 heteroatoms. The van der Waals surface area contributed by atoms with Gasteiger partial charge in [0.2, 0.25) is 0 Å². The first-order chi connectivity index (χ1) is 3.06. The van der Waals surface area contributed by atoms with Crippen molar-refractivity contribution in [2.45, 2.75) is 0 Å². The van der Waals surface area contributed by atoms with Crippen molar-refractivity contribution in [2.24, 2.45) is 0 Å². The Bertz CT molecular complexity index is 124. The van der Waals surface area contributed by atoms with Crippen LogP contribution in [-0.2, 0) is 9.15 Å². The van der Waals surface area contributed by atoms with Gasteiger partial charge in [-0.2, -0.15) is 8.42 Å². The Kier molecular flexibility index (Phi) is 9.03. The van der Waals surface area contributed by atoms with Crippen molar-refractivity contribution < 1.29 is 13.0 Å². The molecule has 0 atom stereocenters. The molecule has 0 heterocycles. The molecule has 0 aromatic rings. The fourth-order valence-corrected chi connectivity index (χ4v) is 3.11. The Morgan fingerprint density at radius 2 is 1.88 bits per heavy atom. The second kappa shape index (κ2) is 5.72. The molecule has 0 spiro atoms. The molecule has 46 valence electrons. The predicted octanol–water partition coefficient (Wildman–Crippen LogP) is 0.367. The summed E-state index contributed by atoms with van der Waals surface area (Å²) in [6.45, 7) is 0. The van der Waals surface area contributed by atoms with Crippen molar-refractivity contribution >= 4 is 70.0 Å². The number of hydrogen-bond acceptors (Lipinski definition) is 5. The molecule has 8 heavy (non-hydrogen) atoms. The van der Waals surface area contributed by atoms with Crippen molar-refractivity contribution in [3.63, 3.8) is 0 Å². The molecule has 0 radical (unpaired) electrons. The maximum absolute atomic E-state index is 9.68. The van der Waals surface area contributed by atoms with E-state index in [1.165, 1.54) is 0 Å². The molecule has 0 fully saturated rings. The van der Waals surface area contributed by atoms with Crippen molar-refractivity contribution in [1.29, 1.82) is 0 Å². The van der Waals surface area contributed by atoms with E-state index in [0.717, 1.165) is 0 Å². The van der Waals surface area contributed by atoms with Gasteiger partial charge in [-0.25, -0.2) is 0 Å². The Morgan fingerprint density at radius 1 is 1.50 bits per heavy atom. The molecule has 0 aliphatic heterocycles. The summed E-state index contributed by atoms with van der Waals surface area (Å²) in [7, 11) is -2.89. The molecular formula is H3NaO3S4. The average molecular weight is 202 g/mol. The molecule has 3 nitrogen and oxygen atoms in total. The van der Waals surface area contributed by atoms with Gasteiger partial charge in [0.25, 0.3) is 0 Å². The van der Waals surface area contributed by atoms with Gasteiger partial charge in [-0.15, -0.1) is 0 Å². The van der Waals surface area contributed by atoms with E-state index in [-0.39, 0.29) is 29.6 Å². The van der Waals surface area contributed by atoms with Gasteiger partial charge < -0.3 is 0 Å². The molecule has 0 aliphatic rings. The second-order valence-corrected chi connectivity index (χ2v) is 6.40. The van der Waals surface area contributed by atoms with Crippen molar-refractivity contribution in [1.82, 2.24) is 0 Å². The summed E-state index contributed by atoms with van der Waals surface area (Å²) in [5.41, 5.74) is 0. The SMILES string of the molecule is O=S(=O)(O)SSS.[NaH]. The fraction of sp³-hybridized carbons (Fsp3) is 0. The van der Waals surface area contributed by atoms with Crippen LogP contribution in [0.5, 0.6) is 0 Å². The molecule has 0 saturated heterocycles. The van der Waals surface area contributed by atoms with Crippen LogP contribution in [0, 0.1) is 0 Å². The van der Waals surface area contributed by atoms with E-state index in [2.05, 4.69) is 11.7 Å². The first kappa shape index (κ1) is 12.6. The van der Waals surface area contributed by atoms with E-state index < -0.39 is 9.15 Å². The molecule has 0 bridgehead atoms. The van der Waals surface area contributed by atoms with Crippen LogP contribution in [0.15, 0.2) is 0 Å². The van der Waals surface area contributed by atoms with Crippen LogP contribution in [0.25, 0.3) is 0 Å². The van der Waals surface area contributed by atoms with Crippen molar-refractivity contribution in [2.75, 3.05) is 0 Å². The molecule has 0 aromatic carbocycles. The number of rotatable bonds is 2. The van der Waals surface area contributed by atoms with Gasteiger partial charge in [0.15, 0.2) is 0 Å². The van der Waals surface area contributed by atoms with E-state index in [4.69, 9.17) is 4.55 Å². The van der Waals surface area contributed by atoms with Crippen LogP contribution >= 0.6 is 31.3 Å². The number of thiol groups is 1. The molecule has 0 rings (SSSR count). The second-order valence-electron chi connectivity index (χ2n) is 0.570. The van der Waals surface area contributed by atoms with Crippen LogP contribution in [-0.4, -0.2) is 42.5 Å². The van der Waals surface area contributed by atoms with Crippen molar-refractivity contribution in [3.05, 3.63) is 0 Å². The summed E-state index contributed by atoms with van der Waals surface area (Å²) in [4.78, 5) is 0. The van der Waals surface area contributed by atoms with Gasteiger partial charge in [-0.1, -0.05) is 11.7 Å². The third kappa shape index (κ3) is 10.9. The van der Waals surface area contributed by atoms with Crippen molar-refractivity contribution in [3.8, 4) is 0 Å². The van der Waals surface area contributed by atoms with E-state index in [1.807, 2.05) is 0 Å². The predicted molar refractivity (Wildman–Crippen MR) is 42.9 cm³/mol. The zero-order chi connectivity index (χ0) is 5.91. The summed E-state index contributed by atoms with van der Waals surface area (Å²) in [5.74, 6) is 0. The Labute approximate surface area is 82.0 Å². The first-order valence-electron chi connectivity index (χ1n) is 1.03. The minimum atomic E-state index is -3.87. The zero-order valence-electron chi connectivity index (χ0n) is 2.94. The molecule has 0 saturated carbocycles. The minimum absolute atomic E-state index is 0. The molecular weight excluding hydrogens is 199 g/mol. The molecule has 0 aromatic heterocycles. The Balaban J connectivity index is 0. The van der Waals surface area contributed by atoms with Gasteiger partial charge in [0, 0.05) is 0 Å². The number of hydrogen-bond donors (Lipinski definition) is 2.